The molecule has 0 bridgehead atoms. The van der Waals surface area contributed by atoms with Crippen LogP contribution in [0, 0.1) is 6.92 Å². The number of aryl methyl sites for hydroxylation is 1. The highest BCUT2D eigenvalue weighted by atomic mass is 15.1. The standard InChI is InChI=1S/C13H19N/c1-11-4-3-5-12(10-11)8-9-14(2)13-6-7-13/h3-5,10,13H,6-9H2,1-2H3. The van der Waals surface area contributed by atoms with E-state index in [9.17, 15) is 0 Å². The number of hydrogen-bond acceptors (Lipinski definition) is 1. The van der Waals surface area contributed by atoms with Gasteiger partial charge in [-0.05, 0) is 38.8 Å². The van der Waals surface area contributed by atoms with Crippen LogP contribution in [-0.4, -0.2) is 24.5 Å². The van der Waals surface area contributed by atoms with Crippen LogP contribution in [0.25, 0.3) is 0 Å². The molecule has 0 saturated heterocycles. The van der Waals surface area contributed by atoms with Gasteiger partial charge in [0.15, 0.2) is 0 Å². The van der Waals surface area contributed by atoms with Gasteiger partial charge in [0.25, 0.3) is 0 Å². The van der Waals surface area contributed by atoms with E-state index in [2.05, 4.69) is 43.1 Å². The summed E-state index contributed by atoms with van der Waals surface area (Å²) in [5, 5.41) is 0. The summed E-state index contributed by atoms with van der Waals surface area (Å²) >= 11 is 0. The van der Waals surface area contributed by atoms with Crippen LogP contribution in [0.5, 0.6) is 0 Å². The van der Waals surface area contributed by atoms with E-state index in [1.165, 1.54) is 36.9 Å². The zero-order valence-electron chi connectivity index (χ0n) is 9.16. The molecule has 0 radical (unpaired) electrons. The van der Waals surface area contributed by atoms with Gasteiger partial charge in [0.05, 0.1) is 0 Å². The fourth-order valence-electron chi connectivity index (χ4n) is 1.87. The van der Waals surface area contributed by atoms with E-state index in [0.717, 1.165) is 6.04 Å². The van der Waals surface area contributed by atoms with E-state index >= 15 is 0 Å². The fourth-order valence-corrected chi connectivity index (χ4v) is 1.87. The zero-order valence-corrected chi connectivity index (χ0v) is 9.16. The Labute approximate surface area is 86.7 Å². The van der Waals surface area contributed by atoms with Gasteiger partial charge in [-0.15, -0.1) is 0 Å². The van der Waals surface area contributed by atoms with Gasteiger partial charge in [-0.1, -0.05) is 29.8 Å². The second-order valence-corrected chi connectivity index (χ2v) is 4.45. The van der Waals surface area contributed by atoms with Gasteiger partial charge in [0.1, 0.15) is 0 Å². The maximum Gasteiger partial charge on any atom is 0.00935 e. The fraction of sp³-hybridized carbons (Fsp3) is 0.538. The third kappa shape index (κ3) is 2.58. The third-order valence-corrected chi connectivity index (χ3v) is 3.01. The molecule has 1 saturated carbocycles. The minimum atomic E-state index is 0.889. The number of nitrogens with zero attached hydrogens (tertiary/aromatic N) is 1. The summed E-state index contributed by atoms with van der Waals surface area (Å²) in [6.07, 6.45) is 4.00. The lowest BCUT2D eigenvalue weighted by atomic mass is 10.1. The highest BCUT2D eigenvalue weighted by molar-refractivity contribution is 5.22. The Morgan fingerprint density at radius 3 is 2.79 bits per heavy atom. The van der Waals surface area contributed by atoms with Crippen LogP contribution in [0.4, 0.5) is 0 Å². The molecule has 1 aliphatic rings. The van der Waals surface area contributed by atoms with Crippen LogP contribution in [0.2, 0.25) is 0 Å². The van der Waals surface area contributed by atoms with Crippen LogP contribution in [0.15, 0.2) is 24.3 Å². The molecule has 1 aromatic rings. The molecule has 1 nitrogen and oxygen atoms in total. The average molecular weight is 189 g/mol. The molecule has 0 aromatic heterocycles. The van der Waals surface area contributed by atoms with Gasteiger partial charge in [0.2, 0.25) is 0 Å². The lowest BCUT2D eigenvalue weighted by Gasteiger charge is -2.15. The molecule has 76 valence electrons. The first kappa shape index (κ1) is 9.72. The van der Waals surface area contributed by atoms with Crippen molar-refractivity contribution in [3.63, 3.8) is 0 Å². The lowest BCUT2D eigenvalue weighted by molar-refractivity contribution is 0.328. The summed E-state index contributed by atoms with van der Waals surface area (Å²) in [5.74, 6) is 0. The first-order valence-corrected chi connectivity index (χ1v) is 5.51. The van der Waals surface area contributed by atoms with Gasteiger partial charge in [-0.25, -0.2) is 0 Å². The Hall–Kier alpha value is -0.820. The predicted molar refractivity (Wildman–Crippen MR) is 60.5 cm³/mol. The molecule has 1 heteroatoms. The molecular weight excluding hydrogens is 170 g/mol. The quantitative estimate of drug-likeness (QED) is 0.704. The molecule has 0 spiro atoms. The number of rotatable bonds is 4. The van der Waals surface area contributed by atoms with Gasteiger partial charge in [0, 0.05) is 12.6 Å². The van der Waals surface area contributed by atoms with Crippen molar-refractivity contribution >= 4 is 0 Å². The third-order valence-electron chi connectivity index (χ3n) is 3.01. The summed E-state index contributed by atoms with van der Waals surface area (Å²) in [4.78, 5) is 2.49. The molecule has 0 amide bonds. The molecule has 1 aromatic carbocycles. The SMILES string of the molecule is Cc1cccc(CCN(C)C2CC2)c1. The molecule has 0 heterocycles. The van der Waals surface area contributed by atoms with Crippen molar-refractivity contribution in [2.45, 2.75) is 32.2 Å². The number of benzene rings is 1. The number of likely N-dealkylation sites (N-methyl/N-ethyl adjacent to an activating group) is 1. The first-order chi connectivity index (χ1) is 6.75. The topological polar surface area (TPSA) is 3.24 Å². The van der Waals surface area contributed by atoms with E-state index in [1.54, 1.807) is 0 Å². The van der Waals surface area contributed by atoms with Gasteiger partial charge < -0.3 is 4.90 Å². The van der Waals surface area contributed by atoms with Crippen molar-refractivity contribution in [1.29, 1.82) is 0 Å². The smallest absolute Gasteiger partial charge is 0.00935 e. The Morgan fingerprint density at radius 1 is 1.36 bits per heavy atom. The summed E-state index contributed by atoms with van der Waals surface area (Å²) in [6.45, 7) is 3.36. The predicted octanol–water partition coefficient (Wildman–Crippen LogP) is 2.63. The maximum atomic E-state index is 2.49. The monoisotopic (exact) mass is 189 g/mol. The van der Waals surface area contributed by atoms with Gasteiger partial charge in [-0.3, -0.25) is 0 Å². The molecule has 14 heavy (non-hydrogen) atoms. The molecule has 0 atom stereocenters. The molecule has 1 aliphatic carbocycles. The highest BCUT2D eigenvalue weighted by Gasteiger charge is 2.25. The van der Waals surface area contributed by atoms with E-state index in [-0.39, 0.29) is 0 Å². The Kier molecular flexibility index (Phi) is 2.87. The van der Waals surface area contributed by atoms with Crippen LogP contribution >= 0.6 is 0 Å². The number of hydrogen-bond donors (Lipinski definition) is 0. The Bertz CT molecular complexity index is 302. The Balaban J connectivity index is 1.84. The largest absolute Gasteiger partial charge is 0.303 e. The summed E-state index contributed by atoms with van der Waals surface area (Å²) in [5.41, 5.74) is 2.84. The van der Waals surface area contributed by atoms with Crippen molar-refractivity contribution < 1.29 is 0 Å². The maximum absolute atomic E-state index is 2.49. The van der Waals surface area contributed by atoms with Crippen LogP contribution < -0.4 is 0 Å². The molecular formula is C13H19N. The summed E-state index contributed by atoms with van der Waals surface area (Å²) in [6, 6.07) is 9.73. The molecule has 0 unspecified atom stereocenters. The highest BCUT2D eigenvalue weighted by Crippen LogP contribution is 2.25. The van der Waals surface area contributed by atoms with Crippen molar-refractivity contribution in [1.82, 2.24) is 4.90 Å². The van der Waals surface area contributed by atoms with E-state index in [4.69, 9.17) is 0 Å². The van der Waals surface area contributed by atoms with Crippen molar-refractivity contribution in [2.24, 2.45) is 0 Å². The minimum Gasteiger partial charge on any atom is -0.303 e. The zero-order chi connectivity index (χ0) is 9.97. The first-order valence-electron chi connectivity index (χ1n) is 5.51. The Morgan fingerprint density at radius 2 is 2.14 bits per heavy atom. The van der Waals surface area contributed by atoms with Crippen molar-refractivity contribution in [2.75, 3.05) is 13.6 Å². The molecule has 1 fully saturated rings. The van der Waals surface area contributed by atoms with E-state index < -0.39 is 0 Å². The van der Waals surface area contributed by atoms with Crippen molar-refractivity contribution in [3.05, 3.63) is 35.4 Å². The summed E-state index contributed by atoms with van der Waals surface area (Å²) < 4.78 is 0. The van der Waals surface area contributed by atoms with Crippen molar-refractivity contribution in [3.8, 4) is 0 Å². The molecule has 0 N–H and O–H groups in total. The second kappa shape index (κ2) is 4.14. The molecule has 0 aliphatic heterocycles. The lowest BCUT2D eigenvalue weighted by Crippen LogP contribution is -2.23. The van der Waals surface area contributed by atoms with E-state index in [0.29, 0.717) is 0 Å². The van der Waals surface area contributed by atoms with Crippen LogP contribution in [0.3, 0.4) is 0 Å². The molecule has 2 rings (SSSR count). The average Bonchev–Trinajstić information content (AvgIpc) is 2.97. The van der Waals surface area contributed by atoms with E-state index in [1.807, 2.05) is 0 Å². The summed E-state index contributed by atoms with van der Waals surface area (Å²) in [7, 11) is 2.24. The van der Waals surface area contributed by atoms with Crippen LogP contribution in [-0.2, 0) is 6.42 Å². The van der Waals surface area contributed by atoms with Crippen LogP contribution in [0.1, 0.15) is 24.0 Å². The van der Waals surface area contributed by atoms with Gasteiger partial charge in [-0.2, -0.15) is 0 Å². The van der Waals surface area contributed by atoms with Gasteiger partial charge >= 0.3 is 0 Å². The normalized spacial score (nSPS) is 16.2. The minimum absolute atomic E-state index is 0.889. The second-order valence-electron chi connectivity index (χ2n) is 4.45.